The summed E-state index contributed by atoms with van der Waals surface area (Å²) < 4.78 is 28.1. The Morgan fingerprint density at radius 1 is 0.775 bits per heavy atom. The fourth-order valence-electron chi connectivity index (χ4n) is 4.85. The number of rotatable bonds is 9. The summed E-state index contributed by atoms with van der Waals surface area (Å²) in [5.41, 5.74) is 0. The number of amides is 2. The average molecular weight is 586 g/mol. The molecule has 3 aliphatic heterocycles. The summed E-state index contributed by atoms with van der Waals surface area (Å²) in [6.45, 7) is 2.49. The number of hydrogen-bond acceptors (Lipinski definition) is 16. The van der Waals surface area contributed by atoms with Crippen molar-refractivity contribution in [3.63, 3.8) is 0 Å². The Hall–Kier alpha value is -1.62. The molecule has 2 amide bonds. The molecule has 0 saturated carbocycles. The van der Waals surface area contributed by atoms with Crippen molar-refractivity contribution in [2.75, 3.05) is 13.2 Å². The topological polar surface area (TPSA) is 281 Å². The average Bonchev–Trinajstić information content (AvgIpc) is 2.89. The molecule has 0 unspecified atom stereocenters. The Balaban J connectivity index is 1.85. The summed E-state index contributed by atoms with van der Waals surface area (Å²) in [7, 11) is 0. The van der Waals surface area contributed by atoms with Crippen LogP contribution in [0.5, 0.6) is 0 Å². The van der Waals surface area contributed by atoms with Gasteiger partial charge in [0.05, 0.1) is 19.3 Å². The Morgan fingerprint density at radius 2 is 1.40 bits per heavy atom. The van der Waals surface area contributed by atoms with Crippen LogP contribution in [0.3, 0.4) is 0 Å². The van der Waals surface area contributed by atoms with E-state index in [0.717, 1.165) is 13.8 Å². The van der Waals surface area contributed by atoms with Crippen LogP contribution in [-0.4, -0.2) is 153 Å². The van der Waals surface area contributed by atoms with Gasteiger partial charge in [-0.3, -0.25) is 14.4 Å². The number of carbonyl (C=O) groups excluding carboxylic acids is 2. The van der Waals surface area contributed by atoms with Crippen LogP contribution < -0.4 is 16.5 Å². The van der Waals surface area contributed by atoms with Gasteiger partial charge in [0.2, 0.25) is 11.8 Å². The zero-order valence-corrected chi connectivity index (χ0v) is 22.0. The minimum atomic E-state index is -1.76. The van der Waals surface area contributed by atoms with E-state index in [-0.39, 0.29) is 0 Å². The van der Waals surface area contributed by atoms with Gasteiger partial charge in [-0.25, -0.2) is 5.90 Å². The summed E-state index contributed by atoms with van der Waals surface area (Å²) in [5, 5.41) is 77.4. The number of aliphatic hydroxyl groups is 7. The molecular formula is C22H39N3O15. The van der Waals surface area contributed by atoms with Crippen molar-refractivity contribution in [3.8, 4) is 0 Å². The molecule has 0 spiro atoms. The quantitative estimate of drug-likeness (QED) is 0.113. The molecule has 3 aliphatic rings. The Bertz CT molecular complexity index is 856. The predicted molar refractivity (Wildman–Crippen MR) is 126 cm³/mol. The highest BCUT2D eigenvalue weighted by atomic mass is 16.7. The molecule has 0 radical (unpaired) electrons. The third kappa shape index (κ3) is 7.23. The zero-order chi connectivity index (χ0) is 29.9. The van der Waals surface area contributed by atoms with Gasteiger partial charge in [-0.2, -0.15) is 0 Å². The van der Waals surface area contributed by atoms with E-state index >= 15 is 0 Å². The van der Waals surface area contributed by atoms with Crippen molar-refractivity contribution in [3.05, 3.63) is 0 Å². The summed E-state index contributed by atoms with van der Waals surface area (Å²) in [6.07, 6.45) is -18.9. The van der Waals surface area contributed by atoms with Crippen LogP contribution in [0.1, 0.15) is 20.8 Å². The standard InChI is InChI=1S/C22H39N3O15/c1-6-13(29)19(40-23)17(33)22(36-6)35-5-10-18(16(32)11(20(34)37-10)24-7(2)27)39-21-12(25-8(3)28)15(31)14(30)9(4-26)38-21/h6,9-22,26,29-34H,4-5,23H2,1-3H3,(H,24,27)(H,25,28)/t6-,9+,10+,11+,12+,13+,14+,15+,16+,17-,18+,19+,20+,21-,22-/m0/s1. The fraction of sp³-hybridized carbons (Fsp3) is 0.909. The Kier molecular flexibility index (Phi) is 11.5. The van der Waals surface area contributed by atoms with E-state index < -0.39 is 117 Å². The van der Waals surface area contributed by atoms with Gasteiger partial charge < -0.3 is 70.1 Å². The maximum absolute atomic E-state index is 11.8. The highest BCUT2D eigenvalue weighted by molar-refractivity contribution is 5.73. The first-order chi connectivity index (χ1) is 18.8. The van der Waals surface area contributed by atoms with Gasteiger partial charge in [-0.05, 0) is 6.92 Å². The lowest BCUT2D eigenvalue weighted by atomic mass is 9.94. The van der Waals surface area contributed by atoms with Crippen molar-refractivity contribution in [1.29, 1.82) is 0 Å². The summed E-state index contributed by atoms with van der Waals surface area (Å²) in [5.74, 6) is 3.93. The largest absolute Gasteiger partial charge is 0.394 e. The van der Waals surface area contributed by atoms with Gasteiger partial charge in [0.1, 0.15) is 67.0 Å². The van der Waals surface area contributed by atoms with Crippen LogP contribution in [-0.2, 0) is 38.1 Å². The number of nitrogens with two attached hydrogens (primary N) is 1. The maximum Gasteiger partial charge on any atom is 0.217 e. The van der Waals surface area contributed by atoms with Crippen molar-refractivity contribution >= 4 is 11.8 Å². The minimum absolute atomic E-state index is 0.528. The molecule has 0 aromatic rings. The minimum Gasteiger partial charge on any atom is -0.394 e. The lowest BCUT2D eigenvalue weighted by molar-refractivity contribution is -0.342. The molecule has 18 heteroatoms. The van der Waals surface area contributed by atoms with E-state index in [4.69, 9.17) is 29.6 Å². The molecule has 3 fully saturated rings. The third-order valence-electron chi connectivity index (χ3n) is 6.97. The highest BCUT2D eigenvalue weighted by Crippen LogP contribution is 2.30. The maximum atomic E-state index is 11.8. The van der Waals surface area contributed by atoms with Crippen molar-refractivity contribution in [2.24, 2.45) is 5.90 Å². The molecule has 3 rings (SSSR count). The number of ether oxygens (including phenoxy) is 5. The van der Waals surface area contributed by atoms with Crippen molar-refractivity contribution in [1.82, 2.24) is 10.6 Å². The molecule has 15 atom stereocenters. The van der Waals surface area contributed by atoms with E-state index in [1.54, 1.807) is 0 Å². The summed E-state index contributed by atoms with van der Waals surface area (Å²) in [4.78, 5) is 28.1. The lowest BCUT2D eigenvalue weighted by Gasteiger charge is -2.48. The van der Waals surface area contributed by atoms with Gasteiger partial charge in [0, 0.05) is 13.8 Å². The normalized spacial score (nSPS) is 46.0. The summed E-state index contributed by atoms with van der Waals surface area (Å²) >= 11 is 0. The molecule has 11 N–H and O–H groups in total. The van der Waals surface area contributed by atoms with Gasteiger partial charge in [-0.1, -0.05) is 0 Å². The molecular weight excluding hydrogens is 546 g/mol. The molecule has 3 heterocycles. The molecule has 3 saturated heterocycles. The Morgan fingerprint density at radius 3 is 1.98 bits per heavy atom. The molecule has 18 nitrogen and oxygen atoms in total. The fourth-order valence-corrected chi connectivity index (χ4v) is 4.85. The predicted octanol–water partition coefficient (Wildman–Crippen LogP) is -6.36. The van der Waals surface area contributed by atoms with Gasteiger partial charge in [0.15, 0.2) is 18.9 Å². The van der Waals surface area contributed by atoms with E-state index in [2.05, 4.69) is 15.5 Å². The second kappa shape index (κ2) is 14.0. The monoisotopic (exact) mass is 585 g/mol. The first-order valence-corrected chi connectivity index (χ1v) is 12.6. The second-order valence-electron chi connectivity index (χ2n) is 9.94. The number of aliphatic hydroxyl groups excluding tert-OH is 7. The molecule has 0 aromatic carbocycles. The first kappa shape index (κ1) is 32.9. The van der Waals surface area contributed by atoms with E-state index in [9.17, 15) is 45.3 Å². The van der Waals surface area contributed by atoms with E-state index in [1.807, 2.05) is 0 Å². The Labute approximate surface area is 228 Å². The molecule has 0 bridgehead atoms. The van der Waals surface area contributed by atoms with E-state index in [1.165, 1.54) is 6.92 Å². The van der Waals surface area contributed by atoms with Crippen LogP contribution >= 0.6 is 0 Å². The smallest absolute Gasteiger partial charge is 0.217 e. The third-order valence-corrected chi connectivity index (χ3v) is 6.97. The van der Waals surface area contributed by atoms with E-state index in [0.29, 0.717) is 0 Å². The van der Waals surface area contributed by atoms with Crippen molar-refractivity contribution in [2.45, 2.75) is 113 Å². The SMILES string of the molecule is CC(=O)N[C@@H]1[C@@H](O)[C@H](O[C@@H]2O[C@H](CO)[C@@H](O)[C@H](O)[C@H]2NC(C)=O)[C@@H](CO[C@H]2O[C@@H](C)[C@@H](O)[C@@H](ON)[C@@H]2O)O[C@H]1O. The molecule has 0 aromatic heterocycles. The van der Waals surface area contributed by atoms with Crippen LogP contribution in [0, 0.1) is 0 Å². The molecule has 40 heavy (non-hydrogen) atoms. The van der Waals surface area contributed by atoms with Gasteiger partial charge >= 0.3 is 0 Å². The summed E-state index contributed by atoms with van der Waals surface area (Å²) in [6, 6.07) is -2.80. The molecule has 0 aliphatic carbocycles. The lowest BCUT2D eigenvalue weighted by Crippen LogP contribution is -2.69. The number of nitrogens with one attached hydrogen (secondary N) is 2. The van der Waals surface area contributed by atoms with Crippen LogP contribution in [0.25, 0.3) is 0 Å². The number of carbonyl (C=O) groups is 2. The second-order valence-corrected chi connectivity index (χ2v) is 9.94. The van der Waals surface area contributed by atoms with Gasteiger partial charge in [-0.15, -0.1) is 0 Å². The molecule has 232 valence electrons. The van der Waals surface area contributed by atoms with Crippen LogP contribution in [0.2, 0.25) is 0 Å². The first-order valence-electron chi connectivity index (χ1n) is 12.6. The van der Waals surface area contributed by atoms with Crippen LogP contribution in [0.4, 0.5) is 0 Å². The number of hydrogen-bond donors (Lipinski definition) is 10. The van der Waals surface area contributed by atoms with Crippen molar-refractivity contribution < 1.29 is 73.9 Å². The van der Waals surface area contributed by atoms with Crippen LogP contribution in [0.15, 0.2) is 0 Å². The van der Waals surface area contributed by atoms with Gasteiger partial charge in [0.25, 0.3) is 0 Å². The highest BCUT2D eigenvalue weighted by Gasteiger charge is 2.52. The zero-order valence-electron chi connectivity index (χ0n) is 22.0.